The zero-order chi connectivity index (χ0) is 13.1. The second-order valence-corrected chi connectivity index (χ2v) is 6.63. The maximum absolute atomic E-state index is 11.7. The van der Waals surface area contributed by atoms with Crippen LogP contribution in [0.15, 0.2) is 12.2 Å². The van der Waals surface area contributed by atoms with Crippen molar-refractivity contribution in [3.63, 3.8) is 0 Å². The van der Waals surface area contributed by atoms with Crippen molar-refractivity contribution in [2.75, 3.05) is 0 Å². The Morgan fingerprint density at radius 3 is 2.94 bits per heavy atom. The van der Waals surface area contributed by atoms with Crippen molar-refractivity contribution in [1.29, 1.82) is 0 Å². The van der Waals surface area contributed by atoms with Gasteiger partial charge in [-0.15, -0.1) is 0 Å². The average Bonchev–Trinajstić information content (AvgIpc) is 2.65. The van der Waals surface area contributed by atoms with E-state index in [4.69, 9.17) is 4.74 Å². The van der Waals surface area contributed by atoms with Gasteiger partial charge in [0.05, 0.1) is 11.5 Å². The van der Waals surface area contributed by atoms with Crippen molar-refractivity contribution in [2.24, 2.45) is 23.7 Å². The summed E-state index contributed by atoms with van der Waals surface area (Å²) in [5.74, 6) is 0.814. The molecule has 2 aliphatic carbocycles. The van der Waals surface area contributed by atoms with E-state index in [0.29, 0.717) is 5.92 Å². The van der Waals surface area contributed by atoms with Gasteiger partial charge >= 0.3 is 5.97 Å². The maximum atomic E-state index is 11.7. The molecule has 1 aliphatic heterocycles. The number of ether oxygens (including phenoxy) is 1. The molecule has 100 valence electrons. The van der Waals surface area contributed by atoms with E-state index in [1.807, 2.05) is 13.8 Å². The van der Waals surface area contributed by atoms with Crippen LogP contribution in [0.1, 0.15) is 39.5 Å². The summed E-state index contributed by atoms with van der Waals surface area (Å²) in [6.07, 6.45) is 3.56. The van der Waals surface area contributed by atoms with Crippen LogP contribution in [0.3, 0.4) is 0 Å². The van der Waals surface area contributed by atoms with E-state index in [-0.39, 0.29) is 29.8 Å². The largest absolute Gasteiger partial charge is 0.461 e. The number of aliphatic hydroxyl groups is 1. The lowest BCUT2D eigenvalue weighted by molar-refractivity contribution is -0.143. The third-order valence-electron chi connectivity index (χ3n) is 5.52. The first-order valence-electron chi connectivity index (χ1n) is 7.00. The molecule has 3 nitrogen and oxygen atoms in total. The number of hydrogen-bond acceptors (Lipinski definition) is 3. The highest BCUT2D eigenvalue weighted by Gasteiger charge is 2.53. The highest BCUT2D eigenvalue weighted by Crippen LogP contribution is 2.53. The van der Waals surface area contributed by atoms with Crippen LogP contribution in [0.5, 0.6) is 0 Å². The number of carbonyl (C=O) groups excluding carboxylic acids is 1. The molecule has 0 unspecified atom stereocenters. The van der Waals surface area contributed by atoms with E-state index < -0.39 is 5.60 Å². The van der Waals surface area contributed by atoms with Crippen LogP contribution in [0.2, 0.25) is 0 Å². The van der Waals surface area contributed by atoms with Crippen molar-refractivity contribution < 1.29 is 14.6 Å². The van der Waals surface area contributed by atoms with E-state index >= 15 is 0 Å². The number of fused-ring (bicyclic) bond motifs is 2. The van der Waals surface area contributed by atoms with Crippen LogP contribution in [0.4, 0.5) is 0 Å². The van der Waals surface area contributed by atoms with Gasteiger partial charge in [0.15, 0.2) is 0 Å². The molecule has 2 saturated carbocycles. The van der Waals surface area contributed by atoms with Crippen LogP contribution in [0, 0.1) is 23.7 Å². The Bertz CT molecular complexity index is 399. The lowest BCUT2D eigenvalue weighted by atomic mass is 9.77. The Balaban J connectivity index is 1.92. The molecule has 0 amide bonds. The molecular formula is C15H22O3. The van der Waals surface area contributed by atoms with E-state index in [1.165, 1.54) is 5.57 Å². The summed E-state index contributed by atoms with van der Waals surface area (Å²) >= 11 is 0. The first-order chi connectivity index (χ1) is 8.40. The second-order valence-electron chi connectivity index (χ2n) is 6.63. The zero-order valence-corrected chi connectivity index (χ0v) is 11.2. The standard InChI is InChI=1S/C15H22O3/c1-8-6-13-11(9(2)14(16)18-13)7-12-10(8)4-5-15(12,3)17/h9-13,17H,1,4-7H2,2-3H3/t9-,10-,11+,12+,13-,15+/m0/s1. The fourth-order valence-corrected chi connectivity index (χ4v) is 4.27. The van der Waals surface area contributed by atoms with Gasteiger partial charge < -0.3 is 9.84 Å². The fraction of sp³-hybridized carbons (Fsp3) is 0.800. The minimum absolute atomic E-state index is 0.00130. The quantitative estimate of drug-likeness (QED) is 0.530. The molecule has 1 N–H and O–H groups in total. The molecule has 0 radical (unpaired) electrons. The van der Waals surface area contributed by atoms with Crippen molar-refractivity contribution in [3.8, 4) is 0 Å². The van der Waals surface area contributed by atoms with Gasteiger partial charge in [-0.05, 0) is 38.0 Å². The highest BCUT2D eigenvalue weighted by molar-refractivity contribution is 5.75. The van der Waals surface area contributed by atoms with Gasteiger partial charge in [0.1, 0.15) is 6.10 Å². The van der Waals surface area contributed by atoms with Crippen LogP contribution < -0.4 is 0 Å². The third-order valence-corrected chi connectivity index (χ3v) is 5.52. The number of carbonyl (C=O) groups is 1. The summed E-state index contributed by atoms with van der Waals surface area (Å²) in [6.45, 7) is 8.09. The van der Waals surface area contributed by atoms with Gasteiger partial charge in [0.25, 0.3) is 0 Å². The molecular weight excluding hydrogens is 228 g/mol. The summed E-state index contributed by atoms with van der Waals surface area (Å²) in [6, 6.07) is 0. The van der Waals surface area contributed by atoms with Gasteiger partial charge in [0, 0.05) is 12.3 Å². The average molecular weight is 250 g/mol. The molecule has 3 fully saturated rings. The van der Waals surface area contributed by atoms with Crippen LogP contribution in [0.25, 0.3) is 0 Å². The molecule has 18 heavy (non-hydrogen) atoms. The first kappa shape index (κ1) is 12.2. The van der Waals surface area contributed by atoms with Gasteiger partial charge in [-0.2, -0.15) is 0 Å². The predicted octanol–water partition coefficient (Wildman–Crippen LogP) is 2.29. The van der Waals surface area contributed by atoms with Crippen molar-refractivity contribution in [3.05, 3.63) is 12.2 Å². The Morgan fingerprint density at radius 2 is 2.22 bits per heavy atom. The number of esters is 1. The van der Waals surface area contributed by atoms with E-state index in [1.54, 1.807) is 0 Å². The predicted molar refractivity (Wildman–Crippen MR) is 67.7 cm³/mol. The molecule has 0 aromatic carbocycles. The minimum Gasteiger partial charge on any atom is -0.461 e. The summed E-state index contributed by atoms with van der Waals surface area (Å²) in [5, 5.41) is 10.5. The number of hydrogen-bond donors (Lipinski definition) is 1. The molecule has 3 aliphatic rings. The van der Waals surface area contributed by atoms with Gasteiger partial charge in [-0.3, -0.25) is 4.79 Å². The lowest BCUT2D eigenvalue weighted by Gasteiger charge is -2.30. The summed E-state index contributed by atoms with van der Waals surface area (Å²) in [7, 11) is 0. The second kappa shape index (κ2) is 3.83. The molecule has 3 rings (SSSR count). The van der Waals surface area contributed by atoms with Crippen LogP contribution in [-0.2, 0) is 9.53 Å². The minimum atomic E-state index is -0.603. The Hall–Kier alpha value is -0.830. The third kappa shape index (κ3) is 1.63. The summed E-state index contributed by atoms with van der Waals surface area (Å²) in [4.78, 5) is 11.7. The highest BCUT2D eigenvalue weighted by atomic mass is 16.6. The van der Waals surface area contributed by atoms with Gasteiger partial charge in [0.2, 0.25) is 0 Å². The van der Waals surface area contributed by atoms with Crippen LogP contribution in [-0.4, -0.2) is 22.8 Å². The smallest absolute Gasteiger partial charge is 0.309 e. The Morgan fingerprint density at radius 1 is 1.50 bits per heavy atom. The topological polar surface area (TPSA) is 46.5 Å². The molecule has 0 spiro atoms. The van der Waals surface area contributed by atoms with E-state index in [0.717, 1.165) is 25.7 Å². The summed E-state index contributed by atoms with van der Waals surface area (Å²) < 4.78 is 5.48. The SMILES string of the molecule is C=C1C[C@@H]2OC(=O)[C@@H](C)[C@H]2C[C@@H]2[C@H]1CC[C@@]2(C)O. The molecule has 0 aromatic rings. The van der Waals surface area contributed by atoms with E-state index in [9.17, 15) is 9.90 Å². The molecule has 1 saturated heterocycles. The normalized spacial score (nSPS) is 51.6. The Kier molecular flexibility index (Phi) is 2.60. The maximum Gasteiger partial charge on any atom is 0.309 e. The van der Waals surface area contributed by atoms with Gasteiger partial charge in [-0.1, -0.05) is 19.1 Å². The van der Waals surface area contributed by atoms with Gasteiger partial charge in [-0.25, -0.2) is 0 Å². The van der Waals surface area contributed by atoms with Crippen molar-refractivity contribution >= 4 is 5.97 Å². The Labute approximate surface area is 108 Å². The molecule has 0 bridgehead atoms. The van der Waals surface area contributed by atoms with Crippen molar-refractivity contribution in [2.45, 2.75) is 51.2 Å². The fourth-order valence-electron chi connectivity index (χ4n) is 4.27. The number of rotatable bonds is 0. The lowest BCUT2D eigenvalue weighted by Crippen LogP contribution is -2.34. The van der Waals surface area contributed by atoms with Crippen LogP contribution >= 0.6 is 0 Å². The zero-order valence-electron chi connectivity index (χ0n) is 11.2. The molecule has 0 aromatic heterocycles. The molecule has 6 atom stereocenters. The first-order valence-corrected chi connectivity index (χ1v) is 7.00. The van der Waals surface area contributed by atoms with E-state index in [2.05, 4.69) is 6.58 Å². The monoisotopic (exact) mass is 250 g/mol. The molecule has 1 heterocycles. The summed E-state index contributed by atoms with van der Waals surface area (Å²) in [5.41, 5.74) is 0.570. The molecule has 3 heteroatoms. The van der Waals surface area contributed by atoms with Crippen molar-refractivity contribution in [1.82, 2.24) is 0 Å².